The Labute approximate surface area is 170 Å². The van der Waals surface area contributed by atoms with Crippen LogP contribution in [0.25, 0.3) is 0 Å². The average Bonchev–Trinajstić information content (AvgIpc) is 3.08. The van der Waals surface area contributed by atoms with Crippen LogP contribution in [0.5, 0.6) is 5.75 Å². The second kappa shape index (κ2) is 9.11. The molecule has 1 saturated heterocycles. The van der Waals surface area contributed by atoms with E-state index < -0.39 is 0 Å². The molecule has 2 aromatic rings. The Morgan fingerprint density at radius 2 is 1.82 bits per heavy atom. The van der Waals surface area contributed by atoms with E-state index in [0.29, 0.717) is 37.3 Å². The first-order valence-electron chi connectivity index (χ1n) is 9.43. The van der Waals surface area contributed by atoms with E-state index >= 15 is 0 Å². The Morgan fingerprint density at radius 3 is 2.43 bits per heavy atom. The molecule has 0 aromatic heterocycles. The summed E-state index contributed by atoms with van der Waals surface area (Å²) in [5.74, 6) is 0.816. The zero-order chi connectivity index (χ0) is 20.0. The summed E-state index contributed by atoms with van der Waals surface area (Å²) in [6, 6.07) is 15.2. The highest BCUT2D eigenvalue weighted by Crippen LogP contribution is 2.30. The quantitative estimate of drug-likeness (QED) is 0.710. The maximum absolute atomic E-state index is 12.4. The minimum atomic E-state index is -0.373. The number of hydrogen-bond donors (Lipinski definition) is 2. The van der Waals surface area contributed by atoms with E-state index in [0.717, 1.165) is 23.3 Å². The lowest BCUT2D eigenvalue weighted by Crippen LogP contribution is -2.44. The van der Waals surface area contributed by atoms with Crippen molar-refractivity contribution < 1.29 is 14.3 Å². The largest absolute Gasteiger partial charge is 0.497 e. The van der Waals surface area contributed by atoms with Crippen LogP contribution in [-0.4, -0.2) is 24.5 Å². The summed E-state index contributed by atoms with van der Waals surface area (Å²) < 4.78 is 5.14. The molecule has 1 aliphatic heterocycles. The maximum atomic E-state index is 12.4. The fraction of sp³-hybridized carbons (Fsp3) is 0.364. The molecule has 2 N–H and O–H groups in total. The molecule has 1 heterocycles. The molecular formula is C22H25ClN2O3. The summed E-state index contributed by atoms with van der Waals surface area (Å²) in [6.45, 7) is 0.472. The summed E-state index contributed by atoms with van der Waals surface area (Å²) in [4.78, 5) is 24.2. The second-order valence-corrected chi connectivity index (χ2v) is 7.69. The fourth-order valence-corrected chi connectivity index (χ4v) is 3.69. The first kappa shape index (κ1) is 20.2. The van der Waals surface area contributed by atoms with Crippen molar-refractivity contribution in [3.8, 4) is 5.75 Å². The molecule has 0 saturated carbocycles. The van der Waals surface area contributed by atoms with Crippen LogP contribution in [0.1, 0.15) is 36.8 Å². The Kier molecular flexibility index (Phi) is 6.57. The number of nitrogens with one attached hydrogen (secondary N) is 2. The summed E-state index contributed by atoms with van der Waals surface area (Å²) >= 11 is 5.96. The molecule has 2 aromatic carbocycles. The van der Waals surface area contributed by atoms with Crippen molar-refractivity contribution in [2.75, 3.05) is 7.11 Å². The molecule has 0 unspecified atom stereocenters. The molecule has 0 bridgehead atoms. The van der Waals surface area contributed by atoms with Gasteiger partial charge in [0.15, 0.2) is 0 Å². The molecule has 2 amide bonds. The van der Waals surface area contributed by atoms with Crippen molar-refractivity contribution in [1.29, 1.82) is 0 Å². The van der Waals surface area contributed by atoms with E-state index in [4.69, 9.17) is 16.3 Å². The Morgan fingerprint density at radius 1 is 1.14 bits per heavy atom. The predicted molar refractivity (Wildman–Crippen MR) is 109 cm³/mol. The third-order valence-corrected chi connectivity index (χ3v) is 5.42. The highest BCUT2D eigenvalue weighted by Gasteiger charge is 2.37. The molecule has 3 rings (SSSR count). The van der Waals surface area contributed by atoms with Crippen LogP contribution in [0.3, 0.4) is 0 Å². The van der Waals surface area contributed by atoms with E-state index in [1.807, 2.05) is 48.5 Å². The van der Waals surface area contributed by atoms with Gasteiger partial charge in [-0.15, -0.1) is 0 Å². The lowest BCUT2D eigenvalue weighted by Gasteiger charge is -2.29. The molecule has 1 aliphatic rings. The smallest absolute Gasteiger partial charge is 0.220 e. The molecule has 5 nitrogen and oxygen atoms in total. The van der Waals surface area contributed by atoms with E-state index in [2.05, 4.69) is 10.6 Å². The molecule has 1 fully saturated rings. The van der Waals surface area contributed by atoms with Crippen molar-refractivity contribution in [1.82, 2.24) is 10.6 Å². The zero-order valence-electron chi connectivity index (χ0n) is 16.0. The van der Waals surface area contributed by atoms with Crippen molar-refractivity contribution >= 4 is 23.4 Å². The number of carbonyl (C=O) groups is 2. The maximum Gasteiger partial charge on any atom is 0.220 e. The van der Waals surface area contributed by atoms with Crippen LogP contribution >= 0.6 is 11.6 Å². The van der Waals surface area contributed by atoms with Crippen LogP contribution in [-0.2, 0) is 22.6 Å². The lowest BCUT2D eigenvalue weighted by atomic mass is 9.85. The minimum absolute atomic E-state index is 0.0209. The fourth-order valence-electron chi connectivity index (χ4n) is 3.56. The Bertz CT molecular complexity index is 821. The number of benzene rings is 2. The van der Waals surface area contributed by atoms with Crippen LogP contribution in [0, 0.1) is 0 Å². The van der Waals surface area contributed by atoms with Crippen molar-refractivity contribution in [2.45, 2.75) is 44.2 Å². The van der Waals surface area contributed by atoms with Crippen molar-refractivity contribution in [3.63, 3.8) is 0 Å². The normalized spacial score (nSPS) is 18.6. The topological polar surface area (TPSA) is 67.4 Å². The number of halogens is 1. The van der Waals surface area contributed by atoms with Gasteiger partial charge in [-0.05, 0) is 54.7 Å². The molecule has 1 atom stereocenters. The zero-order valence-corrected chi connectivity index (χ0v) is 16.7. The van der Waals surface area contributed by atoms with Gasteiger partial charge in [0.25, 0.3) is 0 Å². The molecule has 6 heteroatoms. The summed E-state index contributed by atoms with van der Waals surface area (Å²) in [5.41, 5.74) is 1.74. The third-order valence-electron chi connectivity index (χ3n) is 5.17. The van der Waals surface area contributed by atoms with Gasteiger partial charge in [-0.2, -0.15) is 0 Å². The van der Waals surface area contributed by atoms with Gasteiger partial charge in [0.1, 0.15) is 5.75 Å². The van der Waals surface area contributed by atoms with Crippen LogP contribution < -0.4 is 15.4 Å². The summed E-state index contributed by atoms with van der Waals surface area (Å²) in [5, 5.41) is 6.74. The molecule has 0 radical (unpaired) electrons. The number of amides is 2. The van der Waals surface area contributed by atoms with Crippen molar-refractivity contribution in [3.05, 3.63) is 64.7 Å². The highest BCUT2D eigenvalue weighted by atomic mass is 35.5. The van der Waals surface area contributed by atoms with Gasteiger partial charge in [0.05, 0.1) is 7.11 Å². The van der Waals surface area contributed by atoms with E-state index in [9.17, 15) is 9.59 Å². The predicted octanol–water partition coefficient (Wildman–Crippen LogP) is 3.64. The van der Waals surface area contributed by atoms with Gasteiger partial charge in [-0.25, -0.2) is 0 Å². The van der Waals surface area contributed by atoms with Crippen LogP contribution in [0.15, 0.2) is 48.5 Å². The lowest BCUT2D eigenvalue weighted by molar-refractivity contribution is -0.122. The van der Waals surface area contributed by atoms with Gasteiger partial charge >= 0.3 is 0 Å². The average molecular weight is 401 g/mol. The first-order valence-corrected chi connectivity index (χ1v) is 9.81. The van der Waals surface area contributed by atoms with Gasteiger partial charge in [-0.1, -0.05) is 35.9 Å². The Balaban J connectivity index is 1.54. The first-order chi connectivity index (χ1) is 13.5. The summed E-state index contributed by atoms with van der Waals surface area (Å²) in [7, 11) is 1.62. The van der Waals surface area contributed by atoms with E-state index in [1.165, 1.54) is 0 Å². The molecule has 0 aliphatic carbocycles. The monoisotopic (exact) mass is 400 g/mol. The second-order valence-electron chi connectivity index (χ2n) is 7.26. The Hall–Kier alpha value is -2.53. The standard InChI is InChI=1S/C22H25ClN2O3/c1-28-19-8-4-17(5-9-19)15-24-20(26)10-12-22(13-11-21(27)25-22)14-16-2-6-18(23)7-3-16/h2-9H,10-15H2,1H3,(H,24,26)(H,25,27)/t22-/m0/s1. The number of hydrogen-bond acceptors (Lipinski definition) is 3. The molecule has 28 heavy (non-hydrogen) atoms. The van der Waals surface area contributed by atoms with Crippen LogP contribution in [0.2, 0.25) is 5.02 Å². The molecule has 0 spiro atoms. The van der Waals surface area contributed by atoms with Gasteiger partial charge in [0, 0.05) is 29.9 Å². The van der Waals surface area contributed by atoms with E-state index in [1.54, 1.807) is 7.11 Å². The van der Waals surface area contributed by atoms with Gasteiger partial charge in [-0.3, -0.25) is 9.59 Å². The van der Waals surface area contributed by atoms with Gasteiger partial charge in [0.2, 0.25) is 11.8 Å². The SMILES string of the molecule is COc1ccc(CNC(=O)CC[C@@]2(Cc3ccc(Cl)cc3)CCC(=O)N2)cc1. The number of rotatable bonds is 8. The number of ether oxygens (including phenoxy) is 1. The van der Waals surface area contributed by atoms with Crippen molar-refractivity contribution in [2.24, 2.45) is 0 Å². The molecular weight excluding hydrogens is 376 g/mol. The van der Waals surface area contributed by atoms with E-state index in [-0.39, 0.29) is 17.4 Å². The van der Waals surface area contributed by atoms with Crippen LogP contribution in [0.4, 0.5) is 0 Å². The van der Waals surface area contributed by atoms with Gasteiger partial charge < -0.3 is 15.4 Å². The number of carbonyl (C=O) groups excluding carboxylic acids is 2. The molecule has 148 valence electrons. The highest BCUT2D eigenvalue weighted by molar-refractivity contribution is 6.30. The number of methoxy groups -OCH3 is 1. The third kappa shape index (κ3) is 5.49. The minimum Gasteiger partial charge on any atom is -0.497 e. The summed E-state index contributed by atoms with van der Waals surface area (Å²) in [6.07, 6.45) is 2.91.